The third-order valence-corrected chi connectivity index (χ3v) is 4.80. The molecule has 0 aliphatic rings. The Balaban J connectivity index is 2.21. The van der Waals surface area contributed by atoms with Crippen LogP contribution in [0, 0.1) is 0 Å². The van der Waals surface area contributed by atoms with Crippen LogP contribution in [0.4, 0.5) is 5.82 Å². The van der Waals surface area contributed by atoms with Gasteiger partial charge in [-0.25, -0.2) is 9.97 Å². The van der Waals surface area contributed by atoms with Crippen molar-refractivity contribution in [3.05, 3.63) is 28.5 Å². The number of benzene rings is 1. The predicted octanol–water partition coefficient (Wildman–Crippen LogP) is 3.25. The number of anilines is 1. The van der Waals surface area contributed by atoms with E-state index in [1.54, 1.807) is 0 Å². The number of ether oxygens (including phenoxy) is 2. The molecule has 0 bridgehead atoms. The van der Waals surface area contributed by atoms with Crippen LogP contribution >= 0.6 is 15.9 Å². The van der Waals surface area contributed by atoms with E-state index in [-0.39, 0.29) is 13.2 Å². The number of aliphatic hydroxyl groups is 1. The lowest BCUT2D eigenvalue weighted by Gasteiger charge is -2.27. The average molecular weight is 437 g/mol. The predicted molar refractivity (Wildman–Crippen MR) is 110 cm³/mol. The van der Waals surface area contributed by atoms with E-state index in [2.05, 4.69) is 25.5 Å². The van der Waals surface area contributed by atoms with Crippen molar-refractivity contribution in [1.29, 1.82) is 0 Å². The first-order valence-electron chi connectivity index (χ1n) is 8.92. The molecule has 146 valence electrons. The van der Waals surface area contributed by atoms with E-state index in [0.717, 1.165) is 26.7 Å². The van der Waals surface area contributed by atoms with E-state index >= 15 is 0 Å². The highest BCUT2D eigenvalue weighted by Gasteiger charge is 2.25. The monoisotopic (exact) mass is 436 g/mol. The minimum atomic E-state index is -0.503. The minimum absolute atomic E-state index is 0.0201. The zero-order chi connectivity index (χ0) is 19.6. The first kappa shape index (κ1) is 20.0. The van der Waals surface area contributed by atoms with Crippen LogP contribution in [0.2, 0.25) is 0 Å². The van der Waals surface area contributed by atoms with Crippen molar-refractivity contribution in [2.75, 3.05) is 25.6 Å². The van der Waals surface area contributed by atoms with Crippen LogP contribution in [-0.4, -0.2) is 45.1 Å². The van der Waals surface area contributed by atoms with Crippen LogP contribution < -0.4 is 5.73 Å². The highest BCUT2D eigenvalue weighted by atomic mass is 79.9. The molecule has 2 aromatic heterocycles. The fourth-order valence-corrected chi connectivity index (χ4v) is 3.50. The van der Waals surface area contributed by atoms with Crippen molar-refractivity contribution < 1.29 is 14.6 Å². The Morgan fingerprint density at radius 3 is 2.78 bits per heavy atom. The molecule has 2 heterocycles. The van der Waals surface area contributed by atoms with Gasteiger partial charge in [-0.1, -0.05) is 15.9 Å². The second-order valence-electron chi connectivity index (χ2n) is 6.94. The lowest BCUT2D eigenvalue weighted by atomic mass is 10.1. The van der Waals surface area contributed by atoms with E-state index in [1.807, 2.05) is 39.0 Å². The number of aromatic nitrogens is 3. The fourth-order valence-electron chi connectivity index (χ4n) is 3.15. The second kappa shape index (κ2) is 8.10. The van der Waals surface area contributed by atoms with Crippen LogP contribution in [0.25, 0.3) is 21.9 Å². The Hall–Kier alpha value is -1.74. The molecule has 0 aliphatic carbocycles. The lowest BCUT2D eigenvalue weighted by Crippen LogP contribution is -2.32. The summed E-state index contributed by atoms with van der Waals surface area (Å²) in [5.74, 6) is 1.16. The smallest absolute Gasteiger partial charge is 0.152 e. The molecule has 0 spiro atoms. The summed E-state index contributed by atoms with van der Waals surface area (Å²) < 4.78 is 14.5. The molecule has 0 radical (unpaired) electrons. The number of fused-ring (bicyclic) bond motifs is 3. The van der Waals surface area contributed by atoms with Gasteiger partial charge in [-0.3, -0.25) is 0 Å². The molecule has 0 unspecified atom stereocenters. The number of nitrogen functional groups attached to an aromatic ring is 1. The number of imidazole rings is 1. The number of hydrogen-bond acceptors (Lipinski definition) is 6. The summed E-state index contributed by atoms with van der Waals surface area (Å²) in [5.41, 5.74) is 8.10. The highest BCUT2D eigenvalue weighted by molar-refractivity contribution is 9.10. The maximum absolute atomic E-state index is 9.11. The van der Waals surface area contributed by atoms with Gasteiger partial charge in [-0.2, -0.15) is 0 Å². The Morgan fingerprint density at radius 2 is 2.07 bits per heavy atom. The van der Waals surface area contributed by atoms with Gasteiger partial charge in [0.25, 0.3) is 0 Å². The van der Waals surface area contributed by atoms with E-state index < -0.39 is 5.60 Å². The van der Waals surface area contributed by atoms with E-state index in [1.165, 1.54) is 0 Å². The van der Waals surface area contributed by atoms with Gasteiger partial charge in [0.2, 0.25) is 0 Å². The fraction of sp³-hybridized carbons (Fsp3) is 0.474. The molecule has 0 aliphatic heterocycles. The zero-order valence-corrected chi connectivity index (χ0v) is 17.4. The van der Waals surface area contributed by atoms with E-state index in [9.17, 15) is 0 Å². The summed E-state index contributed by atoms with van der Waals surface area (Å²) in [6.07, 6.45) is 0. The number of nitrogens with two attached hydrogens (primary N) is 1. The molecule has 0 atom stereocenters. The molecule has 0 saturated heterocycles. The van der Waals surface area contributed by atoms with E-state index in [4.69, 9.17) is 25.3 Å². The lowest BCUT2D eigenvalue weighted by molar-refractivity contribution is -0.0437. The number of hydrogen-bond donors (Lipinski definition) is 2. The molecule has 7 nitrogen and oxygen atoms in total. The van der Waals surface area contributed by atoms with Gasteiger partial charge in [0.1, 0.15) is 17.9 Å². The van der Waals surface area contributed by atoms with Crippen molar-refractivity contribution in [1.82, 2.24) is 14.5 Å². The second-order valence-corrected chi connectivity index (χ2v) is 7.85. The maximum Gasteiger partial charge on any atom is 0.152 e. The molecule has 3 aromatic rings. The first-order chi connectivity index (χ1) is 12.9. The van der Waals surface area contributed by atoms with Crippen LogP contribution in [0.1, 0.15) is 26.6 Å². The Kier molecular flexibility index (Phi) is 6.00. The number of nitrogens with zero attached hydrogens (tertiary/aromatic N) is 3. The van der Waals surface area contributed by atoms with Gasteiger partial charge in [-0.15, -0.1) is 0 Å². The summed E-state index contributed by atoms with van der Waals surface area (Å²) in [6.45, 7) is 7.69. The maximum atomic E-state index is 9.11. The van der Waals surface area contributed by atoms with E-state index in [0.29, 0.717) is 31.1 Å². The first-order valence-corrected chi connectivity index (χ1v) is 9.72. The topological polar surface area (TPSA) is 95.4 Å². The van der Waals surface area contributed by atoms with Crippen LogP contribution in [0.3, 0.4) is 0 Å². The molecule has 27 heavy (non-hydrogen) atoms. The van der Waals surface area contributed by atoms with Crippen LogP contribution in [-0.2, 0) is 22.6 Å². The summed E-state index contributed by atoms with van der Waals surface area (Å²) in [7, 11) is 0. The number of aliphatic hydroxyl groups excluding tert-OH is 1. The van der Waals surface area contributed by atoms with Crippen LogP contribution in [0.15, 0.2) is 22.7 Å². The number of pyridine rings is 1. The zero-order valence-electron chi connectivity index (χ0n) is 15.8. The van der Waals surface area contributed by atoms with Crippen molar-refractivity contribution in [2.24, 2.45) is 0 Å². The molecule has 0 amide bonds. The summed E-state index contributed by atoms with van der Waals surface area (Å²) in [6, 6.07) is 5.93. The normalized spacial score (nSPS) is 12.3. The molecule has 8 heteroatoms. The number of rotatable bonds is 8. The number of halogens is 1. The summed E-state index contributed by atoms with van der Waals surface area (Å²) >= 11 is 3.49. The summed E-state index contributed by atoms with van der Waals surface area (Å²) in [4.78, 5) is 9.23. The third kappa shape index (κ3) is 4.24. The molecule has 3 N–H and O–H groups in total. The Bertz CT molecular complexity index is 955. The largest absolute Gasteiger partial charge is 0.394 e. The average Bonchev–Trinajstić information content (AvgIpc) is 2.96. The minimum Gasteiger partial charge on any atom is -0.394 e. The van der Waals surface area contributed by atoms with Crippen molar-refractivity contribution in [3.63, 3.8) is 0 Å². The standard InChI is InChI=1S/C19H25BrN4O3/c1-4-26-10-15-23-16-17(24(15)11-19(2,3)27-8-7-25)13-6-5-12(20)9-14(13)22-18(16)21/h5-6,9,25H,4,7-8,10-11H2,1-3H3,(H2,21,22). The van der Waals surface area contributed by atoms with Gasteiger partial charge in [0.05, 0.1) is 36.4 Å². The van der Waals surface area contributed by atoms with Crippen LogP contribution in [0.5, 0.6) is 0 Å². The molecule has 1 aromatic carbocycles. The highest BCUT2D eigenvalue weighted by Crippen LogP contribution is 2.32. The van der Waals surface area contributed by atoms with Gasteiger partial charge < -0.3 is 24.9 Å². The molecule has 0 saturated carbocycles. The molecule has 0 fully saturated rings. The summed E-state index contributed by atoms with van der Waals surface area (Å²) in [5, 5.41) is 10.1. The van der Waals surface area contributed by atoms with Gasteiger partial charge in [-0.05, 0) is 39.0 Å². The Labute approximate surface area is 166 Å². The molecular formula is C19H25BrN4O3. The van der Waals surface area contributed by atoms with Crippen molar-refractivity contribution >= 4 is 43.7 Å². The van der Waals surface area contributed by atoms with Crippen molar-refractivity contribution in [3.8, 4) is 0 Å². The van der Waals surface area contributed by atoms with Gasteiger partial charge in [0, 0.05) is 16.5 Å². The van der Waals surface area contributed by atoms with Crippen molar-refractivity contribution in [2.45, 2.75) is 39.5 Å². The quantitative estimate of drug-likeness (QED) is 0.562. The Morgan fingerprint density at radius 1 is 1.30 bits per heavy atom. The SMILES string of the molecule is CCOCc1nc2c(N)nc3cc(Br)ccc3c2n1CC(C)(C)OCCO. The van der Waals surface area contributed by atoms with Gasteiger partial charge >= 0.3 is 0 Å². The third-order valence-electron chi connectivity index (χ3n) is 4.30. The van der Waals surface area contributed by atoms with Gasteiger partial charge in [0.15, 0.2) is 5.82 Å². The molecule has 3 rings (SSSR count). The molecular weight excluding hydrogens is 412 g/mol.